The highest BCUT2D eigenvalue weighted by molar-refractivity contribution is 6.46. The van der Waals surface area contributed by atoms with Gasteiger partial charge in [-0.1, -0.05) is 26.0 Å². The molecule has 0 bridgehead atoms. The Hall–Kier alpha value is -3.32. The van der Waals surface area contributed by atoms with E-state index in [1.54, 1.807) is 19.2 Å². The predicted molar refractivity (Wildman–Crippen MR) is 137 cm³/mol. The molecule has 1 amide bonds. The minimum absolute atomic E-state index is 0.0576. The molecule has 0 saturated carbocycles. The highest BCUT2D eigenvalue weighted by atomic mass is 16.5. The first-order valence-corrected chi connectivity index (χ1v) is 12.6. The van der Waals surface area contributed by atoms with E-state index < -0.39 is 17.7 Å². The van der Waals surface area contributed by atoms with Crippen molar-refractivity contribution in [1.82, 2.24) is 4.90 Å². The lowest BCUT2D eigenvalue weighted by Gasteiger charge is -2.25. The van der Waals surface area contributed by atoms with Crippen LogP contribution in [0.2, 0.25) is 0 Å². The van der Waals surface area contributed by atoms with Gasteiger partial charge in [-0.25, -0.2) is 0 Å². The normalized spacial score (nSPS) is 20.6. The monoisotopic (exact) mass is 493 g/mol. The Morgan fingerprint density at radius 1 is 1.17 bits per heavy atom. The van der Waals surface area contributed by atoms with Crippen molar-refractivity contribution in [1.29, 1.82) is 0 Å². The second kappa shape index (κ2) is 11.2. The maximum Gasteiger partial charge on any atom is 0.295 e. The Kier molecular flexibility index (Phi) is 7.99. The summed E-state index contributed by atoms with van der Waals surface area (Å²) in [6.07, 6.45) is 2.27. The molecule has 2 unspecified atom stereocenters. The van der Waals surface area contributed by atoms with Gasteiger partial charge in [-0.2, -0.15) is 0 Å². The van der Waals surface area contributed by atoms with Crippen LogP contribution < -0.4 is 9.47 Å². The van der Waals surface area contributed by atoms with E-state index in [-0.39, 0.29) is 17.4 Å². The van der Waals surface area contributed by atoms with E-state index in [0.717, 1.165) is 24.2 Å². The van der Waals surface area contributed by atoms with Crippen LogP contribution in [-0.4, -0.2) is 54.7 Å². The Morgan fingerprint density at radius 3 is 2.72 bits per heavy atom. The third-order valence-corrected chi connectivity index (χ3v) is 6.59. The fraction of sp³-hybridized carbons (Fsp3) is 0.448. The summed E-state index contributed by atoms with van der Waals surface area (Å²) in [4.78, 5) is 27.9. The van der Waals surface area contributed by atoms with Gasteiger partial charge in [-0.05, 0) is 67.1 Å². The number of aliphatic hydroxyl groups excluding tert-OH is 1. The number of ketones is 1. The van der Waals surface area contributed by atoms with E-state index in [2.05, 4.69) is 13.8 Å². The van der Waals surface area contributed by atoms with Gasteiger partial charge in [0.2, 0.25) is 0 Å². The number of methoxy groups -OCH3 is 1. The number of fused-ring (bicyclic) bond motifs is 1. The number of nitrogens with zero attached hydrogens (tertiary/aromatic N) is 1. The fourth-order valence-electron chi connectivity index (χ4n) is 4.75. The lowest BCUT2D eigenvalue weighted by atomic mass is 9.94. The van der Waals surface area contributed by atoms with E-state index in [1.165, 1.54) is 4.90 Å². The first-order valence-electron chi connectivity index (χ1n) is 12.6. The summed E-state index contributed by atoms with van der Waals surface area (Å²) in [5.74, 6) is 0.469. The molecule has 2 aliphatic heterocycles. The Labute approximate surface area is 212 Å². The molecule has 0 aliphatic carbocycles. The number of amides is 1. The quantitative estimate of drug-likeness (QED) is 0.219. The molecule has 1 saturated heterocycles. The second-order valence-electron chi connectivity index (χ2n) is 9.90. The van der Waals surface area contributed by atoms with Crippen LogP contribution in [0.1, 0.15) is 56.3 Å². The molecular formula is C29H35NO6. The molecular weight excluding hydrogens is 458 g/mol. The van der Waals surface area contributed by atoms with Crippen molar-refractivity contribution in [2.24, 2.45) is 5.92 Å². The molecule has 1 fully saturated rings. The third-order valence-electron chi connectivity index (χ3n) is 6.59. The first kappa shape index (κ1) is 25.8. The first-order chi connectivity index (χ1) is 17.3. The number of carbonyl (C=O) groups is 2. The third kappa shape index (κ3) is 5.41. The molecule has 4 rings (SSSR count). The van der Waals surface area contributed by atoms with E-state index in [1.807, 2.05) is 37.3 Å². The van der Waals surface area contributed by atoms with Crippen LogP contribution in [0.4, 0.5) is 0 Å². The molecule has 2 aliphatic rings. The number of carbonyl (C=O) groups excluding carboxylic acids is 2. The van der Waals surface area contributed by atoms with E-state index in [9.17, 15) is 14.7 Å². The van der Waals surface area contributed by atoms with E-state index in [0.29, 0.717) is 49.0 Å². The largest absolute Gasteiger partial charge is 0.507 e. The van der Waals surface area contributed by atoms with Crippen molar-refractivity contribution in [3.63, 3.8) is 0 Å². The molecule has 2 aromatic carbocycles. The molecule has 0 aromatic heterocycles. The highest BCUT2D eigenvalue weighted by Gasteiger charge is 2.46. The van der Waals surface area contributed by atoms with E-state index >= 15 is 0 Å². The fourth-order valence-corrected chi connectivity index (χ4v) is 4.75. The minimum atomic E-state index is -0.723. The average Bonchev–Trinajstić information content (AvgIpc) is 3.34. The zero-order valence-corrected chi connectivity index (χ0v) is 21.5. The lowest BCUT2D eigenvalue weighted by Crippen LogP contribution is -2.31. The Bertz CT molecular complexity index is 1150. The SMILES string of the molecule is COCCCN1C(=O)C(=O)C(=C(O)c2ccc3c(c2)CC(C)O3)C1c1cccc(OCCC(C)C)c1. The number of Topliss-reactive ketones (excluding diaryl/α,β-unsaturated/α-hetero) is 1. The van der Waals surface area contributed by atoms with Crippen molar-refractivity contribution in [2.45, 2.75) is 52.2 Å². The van der Waals surface area contributed by atoms with Gasteiger partial charge in [-0.3, -0.25) is 9.59 Å². The van der Waals surface area contributed by atoms with Crippen molar-refractivity contribution in [2.75, 3.05) is 26.9 Å². The summed E-state index contributed by atoms with van der Waals surface area (Å²) in [5, 5.41) is 11.4. The summed E-state index contributed by atoms with van der Waals surface area (Å²) in [7, 11) is 1.60. The Morgan fingerprint density at radius 2 is 1.97 bits per heavy atom. The minimum Gasteiger partial charge on any atom is -0.507 e. The molecule has 0 spiro atoms. The molecule has 36 heavy (non-hydrogen) atoms. The van der Waals surface area contributed by atoms with Gasteiger partial charge in [0.15, 0.2) is 0 Å². The number of likely N-dealkylation sites (tertiary alicyclic amines) is 1. The van der Waals surface area contributed by atoms with Crippen LogP contribution in [0.15, 0.2) is 48.0 Å². The van der Waals surface area contributed by atoms with Gasteiger partial charge in [0, 0.05) is 32.2 Å². The van der Waals surface area contributed by atoms with Crippen LogP contribution in [-0.2, 0) is 20.7 Å². The van der Waals surface area contributed by atoms with Crippen LogP contribution in [0.25, 0.3) is 5.76 Å². The van der Waals surface area contributed by atoms with Crippen LogP contribution in [0.5, 0.6) is 11.5 Å². The van der Waals surface area contributed by atoms with Crippen LogP contribution >= 0.6 is 0 Å². The number of benzene rings is 2. The smallest absolute Gasteiger partial charge is 0.295 e. The zero-order chi connectivity index (χ0) is 25.8. The van der Waals surface area contributed by atoms with Gasteiger partial charge in [0.25, 0.3) is 11.7 Å². The number of rotatable bonds is 10. The van der Waals surface area contributed by atoms with E-state index in [4.69, 9.17) is 14.2 Å². The van der Waals surface area contributed by atoms with Crippen molar-refractivity contribution >= 4 is 17.4 Å². The molecule has 192 valence electrons. The molecule has 2 aromatic rings. The lowest BCUT2D eigenvalue weighted by molar-refractivity contribution is -0.140. The summed E-state index contributed by atoms with van der Waals surface area (Å²) in [6, 6.07) is 12.1. The van der Waals surface area contributed by atoms with Gasteiger partial charge >= 0.3 is 0 Å². The van der Waals surface area contributed by atoms with Crippen molar-refractivity contribution < 1.29 is 28.9 Å². The van der Waals surface area contributed by atoms with Gasteiger partial charge in [0.05, 0.1) is 18.2 Å². The highest BCUT2D eigenvalue weighted by Crippen LogP contribution is 2.41. The molecule has 2 atom stereocenters. The zero-order valence-electron chi connectivity index (χ0n) is 21.5. The Balaban J connectivity index is 1.74. The standard InChI is InChI=1S/C29H35NO6/c1-18(2)11-14-35-23-8-5-7-20(17-23)26-25(28(32)29(33)30(26)12-6-13-34-4)27(31)21-9-10-24-22(16-21)15-19(3)36-24/h5,7-10,16-19,26,31H,6,11-15H2,1-4H3. The molecule has 2 heterocycles. The molecule has 1 N–H and O–H groups in total. The molecule has 7 nitrogen and oxygen atoms in total. The number of hydrogen-bond donors (Lipinski definition) is 1. The van der Waals surface area contributed by atoms with Crippen LogP contribution in [0.3, 0.4) is 0 Å². The molecule has 0 radical (unpaired) electrons. The van der Waals surface area contributed by atoms with Gasteiger partial charge in [0.1, 0.15) is 23.4 Å². The van der Waals surface area contributed by atoms with Gasteiger partial charge < -0.3 is 24.2 Å². The van der Waals surface area contributed by atoms with Gasteiger partial charge in [-0.15, -0.1) is 0 Å². The summed E-state index contributed by atoms with van der Waals surface area (Å²) in [5.41, 5.74) is 2.27. The second-order valence-corrected chi connectivity index (χ2v) is 9.90. The number of hydrogen-bond acceptors (Lipinski definition) is 6. The summed E-state index contributed by atoms with van der Waals surface area (Å²) in [6.45, 7) is 7.62. The summed E-state index contributed by atoms with van der Waals surface area (Å²) >= 11 is 0. The van der Waals surface area contributed by atoms with Crippen molar-refractivity contribution in [3.05, 3.63) is 64.7 Å². The summed E-state index contributed by atoms with van der Waals surface area (Å²) < 4.78 is 16.9. The number of ether oxygens (including phenoxy) is 3. The van der Waals surface area contributed by atoms with Crippen molar-refractivity contribution in [3.8, 4) is 11.5 Å². The maximum absolute atomic E-state index is 13.3. The number of aliphatic hydroxyl groups is 1. The van der Waals surface area contributed by atoms with Crippen LogP contribution in [0, 0.1) is 5.92 Å². The topological polar surface area (TPSA) is 85.3 Å². The average molecular weight is 494 g/mol. The predicted octanol–water partition coefficient (Wildman–Crippen LogP) is 4.89. The molecule has 7 heteroatoms. The maximum atomic E-state index is 13.3.